The van der Waals surface area contributed by atoms with E-state index in [4.69, 9.17) is 4.74 Å². The number of aromatic nitrogens is 5. The predicted octanol–water partition coefficient (Wildman–Crippen LogP) is 3.99. The fourth-order valence-corrected chi connectivity index (χ4v) is 4.68. The van der Waals surface area contributed by atoms with Gasteiger partial charge < -0.3 is 4.74 Å². The first-order valence-corrected chi connectivity index (χ1v) is 13.1. The van der Waals surface area contributed by atoms with Gasteiger partial charge in [0.05, 0.1) is 54.6 Å². The quantitative estimate of drug-likeness (QED) is 0.281. The Morgan fingerprint density at radius 2 is 2.04 bits per heavy atom. The van der Waals surface area contributed by atoms with Crippen LogP contribution in [-0.4, -0.2) is 31.4 Å². The number of pyridine rings is 1. The number of fused-ring (bicyclic) bond motifs is 1. The molecule has 0 spiro atoms. The molecule has 3 aromatic heterocycles. The highest BCUT2D eigenvalue weighted by Crippen LogP contribution is 2.31. The van der Waals surface area contributed by atoms with E-state index in [9.17, 15) is 4.79 Å². The van der Waals surface area contributed by atoms with Gasteiger partial charge in [-0.2, -0.15) is 10.2 Å². The summed E-state index contributed by atoms with van der Waals surface area (Å²) in [4.78, 5) is 19.2. The van der Waals surface area contributed by atoms with Crippen molar-refractivity contribution in [1.29, 1.82) is 0 Å². The summed E-state index contributed by atoms with van der Waals surface area (Å²) in [5, 5.41) is 10.1. The average Bonchev–Trinajstić information content (AvgIpc) is 3.18. The molecule has 0 saturated carbocycles. The second-order valence-electron chi connectivity index (χ2n) is 5.85. The minimum atomic E-state index is -0.134. The minimum Gasteiger partial charge on any atom is -0.495 e. The van der Waals surface area contributed by atoms with E-state index in [0.717, 1.165) is 20.9 Å². The minimum absolute atomic E-state index is 0.134. The van der Waals surface area contributed by atoms with Crippen LogP contribution >= 0.6 is 40.2 Å². The average molecular weight is 523 g/mol. The number of methoxy groups -OCH3 is 1. The van der Waals surface area contributed by atoms with Gasteiger partial charge in [0.2, 0.25) is 0 Å². The van der Waals surface area contributed by atoms with E-state index < -0.39 is 0 Å². The Morgan fingerprint density at radius 1 is 1.14 bits per heavy atom. The molecule has 7 nitrogen and oxygen atoms in total. The van der Waals surface area contributed by atoms with Crippen molar-refractivity contribution in [1.82, 2.24) is 24.3 Å². The van der Waals surface area contributed by atoms with E-state index in [1.807, 2.05) is 47.2 Å². The fraction of sp³-hybridized carbons (Fsp3) is 0.111. The van der Waals surface area contributed by atoms with Crippen LogP contribution in [0.5, 0.6) is 5.75 Å². The maximum absolute atomic E-state index is 12.8. The molecule has 1 unspecified atom stereocenters. The lowest BCUT2D eigenvalue weighted by Crippen LogP contribution is -2.23. The Bertz CT molecular complexity index is 1180. The number of halogens is 1. The SMILES string of the molecule is COc1ccc(Cn2ncc3cc(Sc4cnn(PI)c4)ccc3c2=O)nc1. The van der Waals surface area contributed by atoms with Crippen LogP contribution in [0, 0.1) is 0 Å². The normalized spacial score (nSPS) is 11.5. The zero-order valence-electron chi connectivity index (χ0n) is 14.7. The molecule has 0 aliphatic carbocycles. The van der Waals surface area contributed by atoms with E-state index in [0.29, 0.717) is 24.1 Å². The van der Waals surface area contributed by atoms with Gasteiger partial charge in [-0.05, 0) is 52.4 Å². The monoisotopic (exact) mass is 523 g/mol. The van der Waals surface area contributed by atoms with Crippen molar-refractivity contribution < 1.29 is 4.74 Å². The molecule has 1 aromatic carbocycles. The van der Waals surface area contributed by atoms with Crippen LogP contribution in [0.15, 0.2) is 69.7 Å². The van der Waals surface area contributed by atoms with E-state index in [-0.39, 0.29) is 5.56 Å². The fourth-order valence-electron chi connectivity index (χ4n) is 2.66. The summed E-state index contributed by atoms with van der Waals surface area (Å²) in [5.74, 6) is 0.678. The summed E-state index contributed by atoms with van der Waals surface area (Å²) in [6.45, 7) is 0.311. The van der Waals surface area contributed by atoms with Gasteiger partial charge in [0, 0.05) is 16.5 Å². The topological polar surface area (TPSA) is 74.8 Å². The molecule has 28 heavy (non-hydrogen) atoms. The lowest BCUT2D eigenvalue weighted by atomic mass is 10.2. The number of rotatable bonds is 6. The highest BCUT2D eigenvalue weighted by Gasteiger charge is 2.08. The predicted molar refractivity (Wildman–Crippen MR) is 120 cm³/mol. The van der Waals surface area contributed by atoms with Crippen LogP contribution in [0.3, 0.4) is 0 Å². The summed E-state index contributed by atoms with van der Waals surface area (Å²) in [7, 11) is 1.59. The number of benzene rings is 1. The van der Waals surface area contributed by atoms with Gasteiger partial charge >= 0.3 is 0 Å². The first kappa shape index (κ1) is 19.4. The molecule has 0 N–H and O–H groups in total. The van der Waals surface area contributed by atoms with E-state index in [1.54, 1.807) is 31.3 Å². The second kappa shape index (κ2) is 8.59. The molecule has 142 valence electrons. The molecule has 0 fully saturated rings. The third-order valence-corrected chi connectivity index (χ3v) is 6.89. The van der Waals surface area contributed by atoms with Gasteiger partial charge in [-0.15, -0.1) is 0 Å². The molecule has 0 aliphatic rings. The van der Waals surface area contributed by atoms with Crippen molar-refractivity contribution in [3.05, 3.63) is 71.2 Å². The number of nitrogens with zero attached hydrogens (tertiary/aromatic N) is 5. The summed E-state index contributed by atoms with van der Waals surface area (Å²) in [6.07, 6.45) is 7.79. The van der Waals surface area contributed by atoms with Crippen molar-refractivity contribution in [3.63, 3.8) is 0 Å². The van der Waals surface area contributed by atoms with E-state index in [2.05, 4.69) is 37.2 Å². The van der Waals surface area contributed by atoms with Crippen LogP contribution in [0.2, 0.25) is 0 Å². The summed E-state index contributed by atoms with van der Waals surface area (Å²) in [6, 6.07) is 9.43. The number of ether oxygens (including phenoxy) is 1. The van der Waals surface area contributed by atoms with Crippen molar-refractivity contribution in [2.24, 2.45) is 0 Å². The first-order chi connectivity index (χ1) is 13.7. The van der Waals surface area contributed by atoms with Crippen molar-refractivity contribution >= 4 is 50.9 Å². The van der Waals surface area contributed by atoms with Crippen molar-refractivity contribution in [2.45, 2.75) is 16.3 Å². The molecule has 1 atom stereocenters. The molecular weight excluding hydrogens is 508 g/mol. The van der Waals surface area contributed by atoms with Gasteiger partial charge in [-0.1, -0.05) is 11.8 Å². The van der Waals surface area contributed by atoms with E-state index >= 15 is 0 Å². The van der Waals surface area contributed by atoms with Gasteiger partial charge in [0.1, 0.15) is 5.75 Å². The Kier molecular flexibility index (Phi) is 5.93. The van der Waals surface area contributed by atoms with Crippen LogP contribution in [0.25, 0.3) is 10.8 Å². The standard InChI is InChI=1S/C18H15IN5O2PS/c1-26-14-3-2-13(20-8-14)10-23-18(25)17-5-4-15(6-12(17)7-21-23)28-16-9-22-24(11-16)27-19/h2-9,11,27H,10H2,1H3. The highest BCUT2D eigenvalue weighted by atomic mass is 127. The second-order valence-corrected chi connectivity index (χ2v) is 9.07. The van der Waals surface area contributed by atoms with Crippen LogP contribution < -0.4 is 10.3 Å². The summed E-state index contributed by atoms with van der Waals surface area (Å²) < 4.78 is 8.43. The lowest BCUT2D eigenvalue weighted by molar-refractivity contribution is 0.412. The zero-order chi connectivity index (χ0) is 19.5. The summed E-state index contributed by atoms with van der Waals surface area (Å²) >= 11 is 3.90. The Hall–Kier alpha value is -1.97. The Morgan fingerprint density at radius 3 is 2.75 bits per heavy atom. The molecule has 0 radical (unpaired) electrons. The van der Waals surface area contributed by atoms with Crippen LogP contribution in [0.1, 0.15) is 5.69 Å². The zero-order valence-corrected chi connectivity index (χ0v) is 18.7. The number of hydrogen-bond acceptors (Lipinski definition) is 6. The third kappa shape index (κ3) is 4.21. The number of hydrogen-bond donors (Lipinski definition) is 0. The van der Waals surface area contributed by atoms with Crippen molar-refractivity contribution in [3.8, 4) is 5.75 Å². The molecular formula is C18H15IN5O2PS. The van der Waals surface area contributed by atoms with E-state index in [1.165, 1.54) is 4.68 Å². The van der Waals surface area contributed by atoms with Gasteiger partial charge in [-0.25, -0.2) is 9.13 Å². The van der Waals surface area contributed by atoms with Crippen molar-refractivity contribution in [2.75, 3.05) is 7.11 Å². The van der Waals surface area contributed by atoms with Gasteiger partial charge in [0.25, 0.3) is 5.56 Å². The smallest absolute Gasteiger partial charge is 0.274 e. The molecule has 0 amide bonds. The van der Waals surface area contributed by atoms with Crippen LogP contribution in [0.4, 0.5) is 0 Å². The molecule has 10 heteroatoms. The highest BCUT2D eigenvalue weighted by molar-refractivity contribution is 14.2. The largest absolute Gasteiger partial charge is 0.495 e. The molecule has 0 aliphatic heterocycles. The molecule has 3 heterocycles. The third-order valence-electron chi connectivity index (χ3n) is 4.05. The summed E-state index contributed by atoms with van der Waals surface area (Å²) in [5.41, 5.74) is 0.612. The van der Waals surface area contributed by atoms with Gasteiger partial charge in [-0.3, -0.25) is 9.78 Å². The maximum atomic E-state index is 12.8. The molecule has 4 aromatic rings. The molecule has 0 saturated heterocycles. The first-order valence-electron chi connectivity index (χ1n) is 8.24. The molecule has 0 bridgehead atoms. The Balaban J connectivity index is 1.59. The van der Waals surface area contributed by atoms with Crippen LogP contribution in [-0.2, 0) is 6.54 Å². The lowest BCUT2D eigenvalue weighted by Gasteiger charge is -2.07. The maximum Gasteiger partial charge on any atom is 0.274 e. The molecule has 4 rings (SSSR count). The van der Waals surface area contributed by atoms with Gasteiger partial charge in [0.15, 0.2) is 0 Å². The Labute approximate surface area is 179 Å².